The van der Waals surface area contributed by atoms with Gasteiger partial charge in [0, 0.05) is 25.8 Å². The minimum absolute atomic E-state index is 0.0326. The summed E-state index contributed by atoms with van der Waals surface area (Å²) >= 11 is 0. The standard InChI is InChI=1S/C20H26FN3O3S/c1-14(2)20(15-8-10-16(21)11-9-15)22-13-19(25)23-17-6-5-7-18(12-17)28(26,27)24(3)4/h5-12,14,20,22H,13H2,1-4H3,(H,23,25)/t20-/m0/s1. The average molecular weight is 408 g/mol. The Morgan fingerprint density at radius 3 is 2.32 bits per heavy atom. The Morgan fingerprint density at radius 1 is 1.11 bits per heavy atom. The molecule has 0 radical (unpaired) electrons. The molecule has 2 N–H and O–H groups in total. The smallest absolute Gasteiger partial charge is 0.242 e. The third-order valence-corrected chi connectivity index (χ3v) is 6.09. The number of amides is 1. The molecule has 0 heterocycles. The fraction of sp³-hybridized carbons (Fsp3) is 0.350. The molecule has 1 atom stereocenters. The van der Waals surface area contributed by atoms with Gasteiger partial charge in [-0.3, -0.25) is 4.79 Å². The Kier molecular flexibility index (Phi) is 7.29. The van der Waals surface area contributed by atoms with Crippen LogP contribution in [0.4, 0.5) is 10.1 Å². The number of benzene rings is 2. The van der Waals surface area contributed by atoms with E-state index in [1.165, 1.54) is 38.4 Å². The number of nitrogens with zero attached hydrogens (tertiary/aromatic N) is 1. The van der Waals surface area contributed by atoms with Crippen LogP contribution in [0.1, 0.15) is 25.5 Å². The Labute approximate surface area is 165 Å². The van der Waals surface area contributed by atoms with Crippen molar-refractivity contribution in [3.05, 3.63) is 59.9 Å². The summed E-state index contributed by atoms with van der Waals surface area (Å²) in [5.74, 6) is -0.421. The van der Waals surface area contributed by atoms with Gasteiger partial charge in [0.05, 0.1) is 11.4 Å². The van der Waals surface area contributed by atoms with Crippen LogP contribution in [0.15, 0.2) is 53.4 Å². The van der Waals surface area contributed by atoms with E-state index in [2.05, 4.69) is 10.6 Å². The first-order valence-electron chi connectivity index (χ1n) is 8.92. The molecule has 0 bridgehead atoms. The summed E-state index contributed by atoms with van der Waals surface area (Å²) in [6.07, 6.45) is 0. The van der Waals surface area contributed by atoms with Crippen LogP contribution in [0.25, 0.3) is 0 Å². The molecule has 28 heavy (non-hydrogen) atoms. The second-order valence-corrected chi connectivity index (χ2v) is 9.17. The van der Waals surface area contributed by atoms with Crippen molar-refractivity contribution in [2.24, 2.45) is 5.92 Å². The van der Waals surface area contributed by atoms with Crippen LogP contribution in [-0.2, 0) is 14.8 Å². The summed E-state index contributed by atoms with van der Waals surface area (Å²) in [5.41, 5.74) is 1.29. The minimum atomic E-state index is -3.58. The molecule has 0 aromatic heterocycles. The summed E-state index contributed by atoms with van der Waals surface area (Å²) in [6, 6.07) is 12.2. The van der Waals surface area contributed by atoms with Crippen LogP contribution >= 0.6 is 0 Å². The quantitative estimate of drug-likeness (QED) is 0.705. The van der Waals surface area contributed by atoms with E-state index in [0.717, 1.165) is 9.87 Å². The third kappa shape index (κ3) is 5.60. The van der Waals surface area contributed by atoms with E-state index < -0.39 is 10.0 Å². The van der Waals surface area contributed by atoms with E-state index in [1.807, 2.05) is 13.8 Å². The lowest BCUT2D eigenvalue weighted by Gasteiger charge is -2.23. The molecule has 1 amide bonds. The van der Waals surface area contributed by atoms with Gasteiger partial charge in [0.15, 0.2) is 0 Å². The zero-order valence-corrected chi connectivity index (χ0v) is 17.3. The van der Waals surface area contributed by atoms with E-state index in [1.54, 1.807) is 24.3 Å². The maximum atomic E-state index is 13.1. The Morgan fingerprint density at radius 2 is 1.75 bits per heavy atom. The number of anilines is 1. The highest BCUT2D eigenvalue weighted by Gasteiger charge is 2.19. The highest BCUT2D eigenvalue weighted by atomic mass is 32.2. The summed E-state index contributed by atoms with van der Waals surface area (Å²) in [6.45, 7) is 4.05. The number of halogens is 1. The van der Waals surface area contributed by atoms with Gasteiger partial charge in [0.1, 0.15) is 5.82 Å². The number of hydrogen-bond donors (Lipinski definition) is 2. The summed E-state index contributed by atoms with van der Waals surface area (Å²) in [5, 5.41) is 5.88. The molecule has 0 fully saturated rings. The van der Waals surface area contributed by atoms with Crippen molar-refractivity contribution in [3.8, 4) is 0 Å². The van der Waals surface area contributed by atoms with Gasteiger partial charge < -0.3 is 10.6 Å². The van der Waals surface area contributed by atoms with E-state index in [4.69, 9.17) is 0 Å². The van der Waals surface area contributed by atoms with Gasteiger partial charge in [0.2, 0.25) is 15.9 Å². The number of carbonyl (C=O) groups is 1. The van der Waals surface area contributed by atoms with E-state index in [9.17, 15) is 17.6 Å². The van der Waals surface area contributed by atoms with E-state index in [-0.39, 0.29) is 35.1 Å². The lowest BCUT2D eigenvalue weighted by Crippen LogP contribution is -2.33. The van der Waals surface area contributed by atoms with E-state index in [0.29, 0.717) is 5.69 Å². The number of sulfonamides is 1. The lowest BCUT2D eigenvalue weighted by atomic mass is 9.96. The molecular formula is C20H26FN3O3S. The third-order valence-electron chi connectivity index (χ3n) is 4.27. The van der Waals surface area contributed by atoms with Gasteiger partial charge in [-0.05, 0) is 41.8 Å². The molecule has 2 aromatic rings. The maximum Gasteiger partial charge on any atom is 0.242 e. The van der Waals surface area contributed by atoms with E-state index >= 15 is 0 Å². The fourth-order valence-corrected chi connectivity index (χ4v) is 3.71. The largest absolute Gasteiger partial charge is 0.325 e. The predicted octanol–water partition coefficient (Wildman–Crippen LogP) is 3.00. The summed E-state index contributed by atoms with van der Waals surface area (Å²) in [4.78, 5) is 12.4. The van der Waals surface area contributed by atoms with Crippen molar-refractivity contribution in [1.82, 2.24) is 9.62 Å². The number of carbonyl (C=O) groups excluding carboxylic acids is 1. The monoisotopic (exact) mass is 407 g/mol. The van der Waals surface area contributed by atoms with Gasteiger partial charge in [-0.1, -0.05) is 32.0 Å². The zero-order valence-electron chi connectivity index (χ0n) is 16.4. The van der Waals surface area contributed by atoms with Crippen LogP contribution in [0, 0.1) is 11.7 Å². The fourth-order valence-electron chi connectivity index (χ4n) is 2.76. The molecule has 2 aromatic carbocycles. The average Bonchev–Trinajstić information content (AvgIpc) is 2.63. The van der Waals surface area contributed by atoms with Crippen molar-refractivity contribution >= 4 is 21.6 Å². The number of nitrogens with one attached hydrogen (secondary N) is 2. The van der Waals surface area contributed by atoms with Gasteiger partial charge in [0.25, 0.3) is 0 Å². The zero-order chi connectivity index (χ0) is 20.9. The first-order chi connectivity index (χ1) is 13.1. The van der Waals surface area contributed by atoms with Crippen LogP contribution in [-0.4, -0.2) is 39.3 Å². The van der Waals surface area contributed by atoms with Crippen LogP contribution < -0.4 is 10.6 Å². The molecule has 0 spiro atoms. The molecule has 0 saturated carbocycles. The first kappa shape index (κ1) is 22.0. The van der Waals surface area contributed by atoms with Gasteiger partial charge in [-0.2, -0.15) is 0 Å². The Balaban J connectivity index is 2.04. The molecule has 0 saturated heterocycles. The van der Waals surface area contributed by atoms with Crippen LogP contribution in [0.3, 0.4) is 0 Å². The maximum absolute atomic E-state index is 13.1. The topological polar surface area (TPSA) is 78.5 Å². The van der Waals surface area contributed by atoms with Crippen molar-refractivity contribution < 1.29 is 17.6 Å². The van der Waals surface area contributed by atoms with Crippen LogP contribution in [0.5, 0.6) is 0 Å². The van der Waals surface area contributed by atoms with Crippen molar-refractivity contribution in [1.29, 1.82) is 0 Å². The number of rotatable bonds is 8. The van der Waals surface area contributed by atoms with Crippen molar-refractivity contribution in [2.45, 2.75) is 24.8 Å². The second-order valence-electron chi connectivity index (χ2n) is 7.02. The normalized spacial score (nSPS) is 13.0. The summed E-state index contributed by atoms with van der Waals surface area (Å²) in [7, 11) is -0.675. The van der Waals surface area contributed by atoms with Gasteiger partial charge in [-0.15, -0.1) is 0 Å². The molecule has 0 aliphatic heterocycles. The highest BCUT2D eigenvalue weighted by molar-refractivity contribution is 7.89. The number of hydrogen-bond acceptors (Lipinski definition) is 4. The lowest BCUT2D eigenvalue weighted by molar-refractivity contribution is -0.115. The molecule has 0 unspecified atom stereocenters. The van der Waals surface area contributed by atoms with Crippen LogP contribution in [0.2, 0.25) is 0 Å². The first-order valence-corrected chi connectivity index (χ1v) is 10.4. The Hall–Kier alpha value is -2.29. The molecule has 8 heteroatoms. The second kappa shape index (κ2) is 9.27. The molecular weight excluding hydrogens is 381 g/mol. The molecule has 0 aliphatic rings. The molecule has 152 valence electrons. The van der Waals surface area contributed by atoms with Gasteiger partial charge in [-0.25, -0.2) is 17.1 Å². The highest BCUT2D eigenvalue weighted by Crippen LogP contribution is 2.22. The minimum Gasteiger partial charge on any atom is -0.325 e. The van der Waals surface area contributed by atoms with Crippen molar-refractivity contribution in [3.63, 3.8) is 0 Å². The van der Waals surface area contributed by atoms with Crippen molar-refractivity contribution in [2.75, 3.05) is 26.0 Å². The van der Waals surface area contributed by atoms with Gasteiger partial charge >= 0.3 is 0 Å². The summed E-state index contributed by atoms with van der Waals surface area (Å²) < 4.78 is 38.7. The molecule has 0 aliphatic carbocycles. The Bertz CT molecular complexity index is 913. The predicted molar refractivity (Wildman–Crippen MR) is 108 cm³/mol. The molecule has 2 rings (SSSR count). The molecule has 6 nitrogen and oxygen atoms in total. The SMILES string of the molecule is CC(C)[C@H](NCC(=O)Nc1cccc(S(=O)(=O)N(C)C)c1)c1ccc(F)cc1.